The molecule has 0 aliphatic carbocycles. The maximum absolute atomic E-state index is 11.8. The van der Waals surface area contributed by atoms with E-state index in [0.29, 0.717) is 12.4 Å². The van der Waals surface area contributed by atoms with Gasteiger partial charge in [-0.05, 0) is 6.42 Å². The number of Topliss-reactive ketones (excluding diaryl/α,β-unsaturated/α-hetero) is 1. The summed E-state index contributed by atoms with van der Waals surface area (Å²) in [7, 11) is 1.40. The summed E-state index contributed by atoms with van der Waals surface area (Å²) < 4.78 is 10.5. The Kier molecular flexibility index (Phi) is 5.29. The summed E-state index contributed by atoms with van der Waals surface area (Å²) in [6, 6.07) is 2.62. The van der Waals surface area contributed by atoms with Crippen molar-refractivity contribution >= 4 is 11.5 Å². The lowest BCUT2D eigenvalue weighted by Crippen LogP contribution is -2.06. The number of nitro benzene ring substituents is 1. The van der Waals surface area contributed by atoms with Crippen LogP contribution in [-0.2, 0) is 0 Å². The van der Waals surface area contributed by atoms with Crippen LogP contribution in [0.3, 0.4) is 0 Å². The van der Waals surface area contributed by atoms with Crippen LogP contribution in [0.15, 0.2) is 12.1 Å². The van der Waals surface area contributed by atoms with Crippen LogP contribution in [0.25, 0.3) is 0 Å². The summed E-state index contributed by atoms with van der Waals surface area (Å²) in [6.07, 6.45) is 0.984. The fraction of sp³-hybridized carbons (Fsp3) is 0.462. The molecule has 0 amide bonds. The molecule has 0 N–H and O–H groups in total. The molecule has 1 rings (SSSR count). The van der Waals surface area contributed by atoms with E-state index in [2.05, 4.69) is 0 Å². The second kappa shape index (κ2) is 6.72. The van der Waals surface area contributed by atoms with Gasteiger partial charge in [0.1, 0.15) is 0 Å². The molecule has 0 aromatic heterocycles. The number of ether oxygens (including phenoxy) is 2. The van der Waals surface area contributed by atoms with Crippen LogP contribution in [-0.4, -0.2) is 24.4 Å². The van der Waals surface area contributed by atoms with Crippen LogP contribution < -0.4 is 9.47 Å². The molecule has 0 radical (unpaired) electrons. The number of hydrogen-bond donors (Lipinski definition) is 0. The van der Waals surface area contributed by atoms with E-state index in [-0.39, 0.29) is 29.2 Å². The summed E-state index contributed by atoms with van der Waals surface area (Å²) in [5.41, 5.74) is -0.202. The van der Waals surface area contributed by atoms with Crippen LogP contribution in [0.5, 0.6) is 11.5 Å². The van der Waals surface area contributed by atoms with Gasteiger partial charge in [0.25, 0.3) is 5.69 Å². The highest BCUT2D eigenvalue weighted by Gasteiger charge is 2.23. The van der Waals surface area contributed by atoms with Gasteiger partial charge < -0.3 is 9.47 Å². The Labute approximate surface area is 111 Å². The number of nitrogens with zero attached hydrogens (tertiary/aromatic N) is 1. The average Bonchev–Trinajstić information content (AvgIpc) is 2.42. The molecule has 0 bridgehead atoms. The summed E-state index contributed by atoms with van der Waals surface area (Å²) in [5, 5.41) is 11.0. The molecule has 6 nitrogen and oxygen atoms in total. The maximum atomic E-state index is 11.8. The van der Waals surface area contributed by atoms with E-state index in [1.165, 1.54) is 19.2 Å². The number of methoxy groups -OCH3 is 1. The molecule has 0 spiro atoms. The predicted octanol–water partition coefficient (Wildman–Crippen LogP) is 2.98. The van der Waals surface area contributed by atoms with Crippen molar-refractivity contribution < 1.29 is 19.2 Å². The van der Waals surface area contributed by atoms with Crippen molar-refractivity contribution in [1.82, 2.24) is 0 Å². The minimum absolute atomic E-state index is 0.0550. The molecule has 0 fully saturated rings. The van der Waals surface area contributed by atoms with Gasteiger partial charge >= 0.3 is 0 Å². The Bertz CT molecular complexity index is 484. The Morgan fingerprint density at radius 2 is 2.00 bits per heavy atom. The highest BCUT2D eigenvalue weighted by atomic mass is 16.6. The van der Waals surface area contributed by atoms with E-state index in [1.807, 2.05) is 6.92 Å². The Morgan fingerprint density at radius 1 is 1.32 bits per heavy atom. The zero-order valence-corrected chi connectivity index (χ0v) is 11.3. The van der Waals surface area contributed by atoms with Crippen molar-refractivity contribution in [2.24, 2.45) is 0 Å². The SMILES string of the molecule is CCCOc1cc(C(=O)CC)c([N+](=O)[O-])cc1OC. The maximum Gasteiger partial charge on any atom is 0.284 e. The van der Waals surface area contributed by atoms with Gasteiger partial charge in [-0.15, -0.1) is 0 Å². The molecule has 0 aliphatic heterocycles. The molecule has 0 aliphatic rings. The molecule has 0 saturated carbocycles. The molecule has 1 aromatic carbocycles. The number of hydrogen-bond acceptors (Lipinski definition) is 5. The fourth-order valence-electron chi connectivity index (χ4n) is 1.60. The van der Waals surface area contributed by atoms with Crippen LogP contribution in [0.2, 0.25) is 0 Å². The molecule has 0 heterocycles. The molecule has 0 atom stereocenters. The number of nitro groups is 1. The van der Waals surface area contributed by atoms with Crippen molar-refractivity contribution in [3.63, 3.8) is 0 Å². The molecule has 1 aromatic rings. The van der Waals surface area contributed by atoms with Gasteiger partial charge in [-0.2, -0.15) is 0 Å². The van der Waals surface area contributed by atoms with Crippen molar-refractivity contribution in [2.75, 3.05) is 13.7 Å². The summed E-state index contributed by atoms with van der Waals surface area (Å²) >= 11 is 0. The second-order valence-electron chi connectivity index (χ2n) is 3.90. The summed E-state index contributed by atoms with van der Waals surface area (Å²) in [6.45, 7) is 4.05. The third kappa shape index (κ3) is 3.43. The zero-order chi connectivity index (χ0) is 14.4. The lowest BCUT2D eigenvalue weighted by atomic mass is 10.1. The molecule has 19 heavy (non-hydrogen) atoms. The minimum atomic E-state index is -0.588. The third-order valence-electron chi connectivity index (χ3n) is 2.56. The first kappa shape index (κ1) is 14.9. The molecule has 6 heteroatoms. The van der Waals surface area contributed by atoms with Crippen molar-refractivity contribution in [2.45, 2.75) is 26.7 Å². The highest BCUT2D eigenvalue weighted by molar-refractivity contribution is 6.00. The number of ketones is 1. The number of rotatable bonds is 7. The molecule has 104 valence electrons. The van der Waals surface area contributed by atoms with E-state index < -0.39 is 4.92 Å². The average molecular weight is 267 g/mol. The number of benzene rings is 1. The summed E-state index contributed by atoms with van der Waals surface area (Å²) in [5.74, 6) is 0.315. The lowest BCUT2D eigenvalue weighted by molar-refractivity contribution is -0.385. The third-order valence-corrected chi connectivity index (χ3v) is 2.56. The van der Waals surface area contributed by atoms with Crippen LogP contribution >= 0.6 is 0 Å². The van der Waals surface area contributed by atoms with Crippen molar-refractivity contribution in [3.05, 3.63) is 27.8 Å². The van der Waals surface area contributed by atoms with E-state index in [1.54, 1.807) is 6.92 Å². The molecule has 0 saturated heterocycles. The van der Waals surface area contributed by atoms with E-state index in [9.17, 15) is 14.9 Å². The molecule has 0 unspecified atom stereocenters. The zero-order valence-electron chi connectivity index (χ0n) is 11.3. The van der Waals surface area contributed by atoms with Gasteiger partial charge in [-0.1, -0.05) is 13.8 Å². The number of carbonyl (C=O) groups excluding carboxylic acids is 1. The standard InChI is InChI=1S/C13H17NO5/c1-4-6-19-13-7-9(11(15)5-2)10(14(16)17)8-12(13)18-3/h7-8H,4-6H2,1-3H3. The predicted molar refractivity (Wildman–Crippen MR) is 70.1 cm³/mol. The quantitative estimate of drug-likeness (QED) is 0.431. The van der Waals surface area contributed by atoms with Gasteiger partial charge in [0.05, 0.1) is 30.3 Å². The Hall–Kier alpha value is -2.11. The largest absolute Gasteiger partial charge is 0.493 e. The van der Waals surface area contributed by atoms with E-state index in [4.69, 9.17) is 9.47 Å². The van der Waals surface area contributed by atoms with Gasteiger partial charge in [0.2, 0.25) is 0 Å². The highest BCUT2D eigenvalue weighted by Crippen LogP contribution is 2.35. The lowest BCUT2D eigenvalue weighted by Gasteiger charge is -2.11. The van der Waals surface area contributed by atoms with Crippen LogP contribution in [0, 0.1) is 10.1 Å². The number of carbonyl (C=O) groups is 1. The van der Waals surface area contributed by atoms with E-state index >= 15 is 0 Å². The van der Waals surface area contributed by atoms with Gasteiger partial charge in [-0.3, -0.25) is 14.9 Å². The van der Waals surface area contributed by atoms with Crippen molar-refractivity contribution in [1.29, 1.82) is 0 Å². The van der Waals surface area contributed by atoms with Gasteiger partial charge in [-0.25, -0.2) is 0 Å². The van der Waals surface area contributed by atoms with Gasteiger partial charge in [0, 0.05) is 12.5 Å². The first-order chi connectivity index (χ1) is 9.04. The van der Waals surface area contributed by atoms with Crippen LogP contribution in [0.1, 0.15) is 37.0 Å². The molecular formula is C13H17NO5. The van der Waals surface area contributed by atoms with Crippen LogP contribution in [0.4, 0.5) is 5.69 Å². The monoisotopic (exact) mass is 267 g/mol. The second-order valence-corrected chi connectivity index (χ2v) is 3.90. The van der Waals surface area contributed by atoms with E-state index in [0.717, 1.165) is 6.42 Å². The first-order valence-electron chi connectivity index (χ1n) is 6.07. The fourth-order valence-corrected chi connectivity index (χ4v) is 1.60. The Morgan fingerprint density at radius 3 is 2.47 bits per heavy atom. The molecular weight excluding hydrogens is 250 g/mol. The minimum Gasteiger partial charge on any atom is -0.493 e. The smallest absolute Gasteiger partial charge is 0.284 e. The Balaban J connectivity index is 3.33. The topological polar surface area (TPSA) is 78.7 Å². The first-order valence-corrected chi connectivity index (χ1v) is 6.07. The normalized spacial score (nSPS) is 10.1. The van der Waals surface area contributed by atoms with Gasteiger partial charge in [0.15, 0.2) is 17.3 Å². The summed E-state index contributed by atoms with van der Waals surface area (Å²) in [4.78, 5) is 22.2. The van der Waals surface area contributed by atoms with Crippen molar-refractivity contribution in [3.8, 4) is 11.5 Å².